The van der Waals surface area contributed by atoms with Crippen LogP contribution in [0.25, 0.3) is 0 Å². The van der Waals surface area contributed by atoms with E-state index in [0.717, 1.165) is 0 Å². The number of carbonyl (C=O) groups excluding carboxylic acids is 1. The van der Waals surface area contributed by atoms with Crippen LogP contribution in [0.15, 0.2) is 18.2 Å². The molecule has 0 saturated carbocycles. The lowest BCUT2D eigenvalue weighted by molar-refractivity contribution is 0.0742. The van der Waals surface area contributed by atoms with Gasteiger partial charge in [0.1, 0.15) is 0 Å². The molecule has 0 atom stereocenters. The van der Waals surface area contributed by atoms with Crippen LogP contribution in [0.3, 0.4) is 0 Å². The van der Waals surface area contributed by atoms with E-state index in [0.29, 0.717) is 6.54 Å². The van der Waals surface area contributed by atoms with Crippen LogP contribution in [-0.4, -0.2) is 34.6 Å². The third-order valence-electron chi connectivity index (χ3n) is 2.30. The van der Waals surface area contributed by atoms with Crippen LogP contribution in [0, 0.1) is 5.41 Å². The number of rotatable bonds is 2. The first kappa shape index (κ1) is 13.4. The highest BCUT2D eigenvalue weighted by molar-refractivity contribution is 5.97. The molecule has 0 heterocycles. The maximum Gasteiger partial charge on any atom is 0.257 e. The predicted molar refractivity (Wildman–Crippen MR) is 66.2 cm³/mol. The minimum absolute atomic E-state index is 0.0170. The summed E-state index contributed by atoms with van der Waals surface area (Å²) >= 11 is 0. The van der Waals surface area contributed by atoms with Crippen molar-refractivity contribution in [3.63, 3.8) is 0 Å². The topological polar surface area (TPSA) is 60.8 Å². The van der Waals surface area contributed by atoms with Crippen molar-refractivity contribution in [3.8, 4) is 11.5 Å². The Morgan fingerprint density at radius 2 is 1.88 bits per heavy atom. The van der Waals surface area contributed by atoms with Crippen LogP contribution in [0.5, 0.6) is 11.5 Å². The first-order valence-electron chi connectivity index (χ1n) is 5.49. The summed E-state index contributed by atoms with van der Waals surface area (Å²) in [6.07, 6.45) is 0. The quantitative estimate of drug-likeness (QED) is 0.775. The number of phenols is 2. The molecule has 2 N–H and O–H groups in total. The Labute approximate surface area is 101 Å². The summed E-state index contributed by atoms with van der Waals surface area (Å²) in [4.78, 5) is 13.6. The average molecular weight is 237 g/mol. The van der Waals surface area contributed by atoms with Gasteiger partial charge in [-0.15, -0.1) is 0 Å². The van der Waals surface area contributed by atoms with E-state index in [9.17, 15) is 15.0 Å². The number of carbonyl (C=O) groups is 1. The summed E-state index contributed by atoms with van der Waals surface area (Å²) in [5, 5.41) is 19.0. The molecule has 0 aliphatic rings. The third kappa shape index (κ3) is 3.37. The van der Waals surface area contributed by atoms with Crippen LogP contribution in [0.1, 0.15) is 31.1 Å². The van der Waals surface area contributed by atoms with Crippen LogP contribution in [0.4, 0.5) is 0 Å². The SMILES string of the molecule is CN(CC(C)(C)C)C(=O)c1cccc(O)c1O. The Bertz CT molecular complexity index is 421. The summed E-state index contributed by atoms with van der Waals surface area (Å²) in [6.45, 7) is 6.65. The molecule has 0 unspecified atom stereocenters. The molecule has 17 heavy (non-hydrogen) atoms. The van der Waals surface area contributed by atoms with Gasteiger partial charge < -0.3 is 15.1 Å². The second-order valence-electron chi connectivity index (χ2n) is 5.40. The predicted octanol–water partition coefficient (Wildman–Crippen LogP) is 2.22. The molecule has 0 aliphatic carbocycles. The summed E-state index contributed by atoms with van der Waals surface area (Å²) in [5.41, 5.74) is 0.105. The van der Waals surface area contributed by atoms with E-state index in [2.05, 4.69) is 0 Å². The Morgan fingerprint density at radius 3 is 2.41 bits per heavy atom. The van der Waals surface area contributed by atoms with Gasteiger partial charge in [-0.05, 0) is 17.5 Å². The second kappa shape index (κ2) is 4.65. The highest BCUT2D eigenvalue weighted by Crippen LogP contribution is 2.29. The fourth-order valence-electron chi connectivity index (χ4n) is 1.69. The van der Waals surface area contributed by atoms with E-state index in [1.54, 1.807) is 7.05 Å². The molecule has 94 valence electrons. The monoisotopic (exact) mass is 237 g/mol. The zero-order valence-corrected chi connectivity index (χ0v) is 10.7. The molecule has 0 radical (unpaired) electrons. The van der Waals surface area contributed by atoms with E-state index in [1.807, 2.05) is 20.8 Å². The summed E-state index contributed by atoms with van der Waals surface area (Å²) in [5.74, 6) is -0.938. The third-order valence-corrected chi connectivity index (χ3v) is 2.30. The largest absolute Gasteiger partial charge is 0.504 e. The van der Waals surface area contributed by atoms with E-state index in [4.69, 9.17) is 0 Å². The van der Waals surface area contributed by atoms with Crippen molar-refractivity contribution in [1.29, 1.82) is 0 Å². The number of para-hydroxylation sites is 1. The van der Waals surface area contributed by atoms with Gasteiger partial charge >= 0.3 is 0 Å². The van der Waals surface area contributed by atoms with Crippen molar-refractivity contribution in [1.82, 2.24) is 4.90 Å². The molecule has 0 spiro atoms. The van der Waals surface area contributed by atoms with Gasteiger partial charge in [-0.3, -0.25) is 4.79 Å². The fourth-order valence-corrected chi connectivity index (χ4v) is 1.69. The van der Waals surface area contributed by atoms with Crippen molar-refractivity contribution < 1.29 is 15.0 Å². The lowest BCUT2D eigenvalue weighted by Crippen LogP contribution is -2.34. The van der Waals surface area contributed by atoms with Crippen LogP contribution in [-0.2, 0) is 0 Å². The van der Waals surface area contributed by atoms with E-state index in [-0.39, 0.29) is 28.4 Å². The minimum atomic E-state index is -0.363. The van der Waals surface area contributed by atoms with Crippen molar-refractivity contribution in [2.75, 3.05) is 13.6 Å². The molecular weight excluding hydrogens is 218 g/mol. The van der Waals surface area contributed by atoms with Crippen molar-refractivity contribution in [3.05, 3.63) is 23.8 Å². The molecule has 0 saturated heterocycles. The van der Waals surface area contributed by atoms with Gasteiger partial charge in [0.2, 0.25) is 0 Å². The number of phenolic OH excluding ortho intramolecular Hbond substituents is 2. The lowest BCUT2D eigenvalue weighted by atomic mass is 9.96. The number of aromatic hydroxyl groups is 2. The Balaban J connectivity index is 2.93. The number of nitrogens with zero attached hydrogens (tertiary/aromatic N) is 1. The molecule has 1 aromatic rings. The number of hydrogen-bond acceptors (Lipinski definition) is 3. The van der Waals surface area contributed by atoms with E-state index >= 15 is 0 Å². The van der Waals surface area contributed by atoms with Crippen LogP contribution in [0.2, 0.25) is 0 Å². The van der Waals surface area contributed by atoms with Crippen LogP contribution >= 0.6 is 0 Å². The fraction of sp³-hybridized carbons (Fsp3) is 0.462. The van der Waals surface area contributed by atoms with Gasteiger partial charge in [0.05, 0.1) is 5.56 Å². The number of benzene rings is 1. The van der Waals surface area contributed by atoms with E-state index in [1.165, 1.54) is 23.1 Å². The molecule has 4 heteroatoms. The number of amides is 1. The zero-order chi connectivity index (χ0) is 13.2. The zero-order valence-electron chi connectivity index (χ0n) is 10.7. The van der Waals surface area contributed by atoms with Crippen molar-refractivity contribution in [2.45, 2.75) is 20.8 Å². The van der Waals surface area contributed by atoms with Gasteiger partial charge in [-0.2, -0.15) is 0 Å². The smallest absolute Gasteiger partial charge is 0.257 e. The highest BCUT2D eigenvalue weighted by atomic mass is 16.3. The summed E-state index contributed by atoms with van der Waals surface area (Å²) in [7, 11) is 1.68. The van der Waals surface area contributed by atoms with Crippen molar-refractivity contribution in [2.24, 2.45) is 5.41 Å². The van der Waals surface area contributed by atoms with Gasteiger partial charge in [0.25, 0.3) is 5.91 Å². The molecule has 0 fully saturated rings. The molecule has 1 rings (SSSR count). The molecule has 4 nitrogen and oxygen atoms in total. The average Bonchev–Trinajstić information content (AvgIpc) is 2.18. The Morgan fingerprint density at radius 1 is 1.29 bits per heavy atom. The first-order valence-corrected chi connectivity index (χ1v) is 5.49. The van der Waals surface area contributed by atoms with Gasteiger partial charge in [0, 0.05) is 13.6 Å². The first-order chi connectivity index (χ1) is 7.72. The molecule has 0 aromatic heterocycles. The van der Waals surface area contributed by atoms with Crippen molar-refractivity contribution >= 4 is 5.91 Å². The summed E-state index contributed by atoms with van der Waals surface area (Å²) < 4.78 is 0. The molecule has 0 bridgehead atoms. The van der Waals surface area contributed by atoms with Gasteiger partial charge in [-0.1, -0.05) is 26.8 Å². The maximum absolute atomic E-state index is 12.1. The molecular formula is C13H19NO3. The maximum atomic E-state index is 12.1. The molecule has 1 aromatic carbocycles. The van der Waals surface area contributed by atoms with Gasteiger partial charge in [-0.25, -0.2) is 0 Å². The van der Waals surface area contributed by atoms with E-state index < -0.39 is 0 Å². The standard InChI is InChI=1S/C13H19NO3/c1-13(2,3)8-14(4)12(17)9-6-5-7-10(15)11(9)16/h5-7,15-16H,8H2,1-4H3. The molecule has 1 amide bonds. The number of hydrogen-bond donors (Lipinski definition) is 2. The molecule has 0 aliphatic heterocycles. The van der Waals surface area contributed by atoms with Crippen LogP contribution < -0.4 is 0 Å². The minimum Gasteiger partial charge on any atom is -0.504 e. The Kier molecular flexibility index (Phi) is 3.66. The second-order valence-corrected chi connectivity index (χ2v) is 5.40. The summed E-state index contributed by atoms with van der Waals surface area (Å²) in [6, 6.07) is 4.37. The highest BCUT2D eigenvalue weighted by Gasteiger charge is 2.21. The normalized spacial score (nSPS) is 11.3. The van der Waals surface area contributed by atoms with Gasteiger partial charge in [0.15, 0.2) is 11.5 Å². The Hall–Kier alpha value is -1.71. The lowest BCUT2D eigenvalue weighted by Gasteiger charge is -2.26.